The molecule has 0 aromatic heterocycles. The van der Waals surface area contributed by atoms with Crippen LogP contribution in [0, 0.1) is 5.82 Å². The predicted molar refractivity (Wildman–Crippen MR) is 45.4 cm³/mol. The first-order valence-corrected chi connectivity index (χ1v) is 3.78. The van der Waals surface area contributed by atoms with Crippen molar-refractivity contribution in [2.75, 3.05) is 0 Å². The summed E-state index contributed by atoms with van der Waals surface area (Å²) in [7, 11) is 0. The Bertz CT molecular complexity index is 384. The summed E-state index contributed by atoms with van der Waals surface area (Å²) in [5.74, 6) is -3.27. The van der Waals surface area contributed by atoms with Gasteiger partial charge >= 0.3 is 51.4 Å². The molecule has 0 heterocycles. The van der Waals surface area contributed by atoms with Crippen molar-refractivity contribution in [1.82, 2.24) is 0 Å². The molecule has 0 aliphatic carbocycles. The smallest absolute Gasteiger partial charge is 0.541 e. The molecule has 1 rings (SSSR count). The summed E-state index contributed by atoms with van der Waals surface area (Å²) in [5, 5.41) is 10.0. The molecular weight excluding hydrogens is 226 g/mol. The van der Waals surface area contributed by atoms with Crippen molar-refractivity contribution in [3.63, 3.8) is 0 Å². The summed E-state index contributed by atoms with van der Waals surface area (Å²) in [6.07, 6.45) is 2.14. The van der Waals surface area contributed by atoms with Gasteiger partial charge in [0.15, 0.2) is 0 Å². The molecule has 0 radical (unpaired) electrons. The van der Waals surface area contributed by atoms with E-state index in [0.29, 0.717) is 5.56 Å². The molecule has 1 aromatic carbocycles. The fourth-order valence-corrected chi connectivity index (χ4v) is 0.814. The minimum Gasteiger partial charge on any atom is -0.541 e. The molecule has 15 heavy (non-hydrogen) atoms. The van der Waals surface area contributed by atoms with E-state index in [-0.39, 0.29) is 51.4 Å². The number of hydrogen-bond acceptors (Lipinski definition) is 3. The number of benzene rings is 1. The minimum atomic E-state index is -1.76. The third kappa shape index (κ3) is 5.34. The zero-order valence-corrected chi connectivity index (χ0v) is 11.2. The number of carbonyl (C=O) groups is 2. The molecule has 0 N–H and O–H groups in total. The molecule has 0 amide bonds. The molecule has 1 aromatic rings. The van der Waals surface area contributed by atoms with Crippen molar-refractivity contribution >= 4 is 17.8 Å². The number of halogens is 1. The maximum absolute atomic E-state index is 12.4. The molecule has 0 saturated carbocycles. The number of aliphatic carboxylic acids is 1. The van der Waals surface area contributed by atoms with Gasteiger partial charge in [-0.1, -0.05) is 18.2 Å². The van der Waals surface area contributed by atoms with Gasteiger partial charge in [0.2, 0.25) is 5.78 Å². The number of carboxylic acid groups (broad SMARTS) is 1. The van der Waals surface area contributed by atoms with Gasteiger partial charge in [-0.05, 0) is 23.8 Å². The first kappa shape index (κ1) is 14.7. The van der Waals surface area contributed by atoms with E-state index in [1.807, 2.05) is 0 Å². The number of carboxylic acids is 1. The van der Waals surface area contributed by atoms with Gasteiger partial charge in [-0.2, -0.15) is 0 Å². The van der Waals surface area contributed by atoms with Gasteiger partial charge in [0.05, 0.1) is 0 Å². The van der Waals surface area contributed by atoms with E-state index < -0.39 is 17.6 Å². The third-order valence-corrected chi connectivity index (χ3v) is 1.50. The Morgan fingerprint density at radius 1 is 1.20 bits per heavy atom. The molecule has 0 atom stereocenters. The van der Waals surface area contributed by atoms with Gasteiger partial charge in [-0.3, -0.25) is 4.79 Å². The topological polar surface area (TPSA) is 57.2 Å². The van der Waals surface area contributed by atoms with Crippen molar-refractivity contribution < 1.29 is 70.5 Å². The first-order valence-electron chi connectivity index (χ1n) is 3.78. The van der Waals surface area contributed by atoms with E-state index in [1.165, 1.54) is 30.3 Å². The average Bonchev–Trinajstić information content (AvgIpc) is 2.16. The number of ketones is 1. The Hall–Kier alpha value is -0.334. The van der Waals surface area contributed by atoms with Crippen LogP contribution in [0.25, 0.3) is 6.08 Å². The van der Waals surface area contributed by atoms with Crippen molar-refractivity contribution in [1.29, 1.82) is 0 Å². The fourth-order valence-electron chi connectivity index (χ4n) is 0.814. The van der Waals surface area contributed by atoms with Crippen LogP contribution in [0.5, 0.6) is 0 Å². The maximum Gasteiger partial charge on any atom is 1.00 e. The van der Waals surface area contributed by atoms with Crippen molar-refractivity contribution in [3.05, 3.63) is 41.7 Å². The molecule has 0 aliphatic heterocycles. The second-order valence-corrected chi connectivity index (χ2v) is 2.54. The zero-order chi connectivity index (χ0) is 10.6. The van der Waals surface area contributed by atoms with Crippen LogP contribution in [0.2, 0.25) is 0 Å². The largest absolute Gasteiger partial charge is 1.00 e. The van der Waals surface area contributed by atoms with Gasteiger partial charge in [0, 0.05) is 0 Å². The summed E-state index contributed by atoms with van der Waals surface area (Å²) in [6, 6.07) is 5.27. The summed E-state index contributed by atoms with van der Waals surface area (Å²) >= 11 is 0. The first-order chi connectivity index (χ1) is 6.59. The Labute approximate surface area is 128 Å². The van der Waals surface area contributed by atoms with Crippen LogP contribution in [0.15, 0.2) is 30.3 Å². The predicted octanol–water partition coefficient (Wildman–Crippen LogP) is -2.84. The second-order valence-electron chi connectivity index (χ2n) is 2.54. The summed E-state index contributed by atoms with van der Waals surface area (Å²) < 4.78 is 12.4. The molecule has 0 fully saturated rings. The second kappa shape index (κ2) is 7.03. The third-order valence-electron chi connectivity index (χ3n) is 1.50. The molecule has 0 aliphatic rings. The van der Waals surface area contributed by atoms with Crippen molar-refractivity contribution in [2.24, 2.45) is 0 Å². The Balaban J connectivity index is 0.00000196. The van der Waals surface area contributed by atoms with Crippen LogP contribution in [-0.4, -0.2) is 11.8 Å². The molecule has 72 valence electrons. The van der Waals surface area contributed by atoms with Crippen LogP contribution in [-0.2, 0) is 9.59 Å². The summed E-state index contributed by atoms with van der Waals surface area (Å²) in [4.78, 5) is 20.6. The van der Waals surface area contributed by atoms with Gasteiger partial charge in [0.1, 0.15) is 11.8 Å². The van der Waals surface area contributed by atoms with Gasteiger partial charge < -0.3 is 9.90 Å². The quantitative estimate of drug-likeness (QED) is 0.320. The van der Waals surface area contributed by atoms with Crippen LogP contribution >= 0.6 is 0 Å². The standard InChI is InChI=1S/C10H7FO3.K/c11-8-4-1-7(2-5-8)3-6-9(12)10(13)14;/h1-6H,(H,13,14);/q;+1/p-1/b6-3+;. The fraction of sp³-hybridized carbons (Fsp3) is 0. The molecule has 0 bridgehead atoms. The van der Waals surface area contributed by atoms with Crippen molar-refractivity contribution in [3.8, 4) is 0 Å². The Morgan fingerprint density at radius 2 is 1.73 bits per heavy atom. The average molecular weight is 232 g/mol. The van der Waals surface area contributed by atoms with E-state index in [2.05, 4.69) is 0 Å². The number of rotatable bonds is 3. The van der Waals surface area contributed by atoms with E-state index in [4.69, 9.17) is 0 Å². The summed E-state index contributed by atoms with van der Waals surface area (Å²) in [5.41, 5.74) is 0.543. The van der Waals surface area contributed by atoms with Crippen LogP contribution in [0.1, 0.15) is 5.56 Å². The van der Waals surface area contributed by atoms with E-state index >= 15 is 0 Å². The minimum absolute atomic E-state index is 0. The van der Waals surface area contributed by atoms with Crippen LogP contribution in [0.4, 0.5) is 4.39 Å². The van der Waals surface area contributed by atoms with E-state index in [0.717, 1.165) is 6.08 Å². The number of hydrogen-bond donors (Lipinski definition) is 0. The maximum atomic E-state index is 12.4. The van der Waals surface area contributed by atoms with E-state index in [1.54, 1.807) is 0 Å². The molecule has 0 unspecified atom stereocenters. The van der Waals surface area contributed by atoms with E-state index in [9.17, 15) is 19.1 Å². The molecule has 0 spiro atoms. The molecular formula is C10H6FKO3. The Kier molecular flexibility index (Phi) is 6.87. The monoisotopic (exact) mass is 232 g/mol. The Morgan fingerprint density at radius 3 is 2.20 bits per heavy atom. The van der Waals surface area contributed by atoms with Gasteiger partial charge in [-0.15, -0.1) is 0 Å². The van der Waals surface area contributed by atoms with Crippen LogP contribution in [0.3, 0.4) is 0 Å². The van der Waals surface area contributed by atoms with Gasteiger partial charge in [0.25, 0.3) is 0 Å². The SMILES string of the molecule is O=C([O-])C(=O)/C=C/c1ccc(F)cc1.[K+]. The number of carbonyl (C=O) groups excluding carboxylic acids is 2. The van der Waals surface area contributed by atoms with Gasteiger partial charge in [-0.25, -0.2) is 4.39 Å². The normalized spacial score (nSPS) is 9.67. The molecule has 5 heteroatoms. The molecule has 3 nitrogen and oxygen atoms in total. The van der Waals surface area contributed by atoms with Crippen LogP contribution < -0.4 is 56.5 Å². The zero-order valence-electron chi connectivity index (χ0n) is 8.07. The summed E-state index contributed by atoms with van der Waals surface area (Å²) in [6.45, 7) is 0. The van der Waals surface area contributed by atoms with Crippen molar-refractivity contribution in [2.45, 2.75) is 0 Å². The molecule has 0 saturated heterocycles.